The molecule has 2 nitrogen and oxygen atoms in total. The van der Waals surface area contributed by atoms with Gasteiger partial charge in [0.25, 0.3) is 0 Å². The van der Waals surface area contributed by atoms with Gasteiger partial charge in [-0.25, -0.2) is 0 Å². The first kappa shape index (κ1) is 18.2. The number of hydrogen-bond donors (Lipinski definition) is 1. The molecule has 1 heterocycles. The lowest BCUT2D eigenvalue weighted by molar-refractivity contribution is 0.451. The minimum Gasteiger partial charge on any atom is -0.344 e. The van der Waals surface area contributed by atoms with Crippen LogP contribution < -0.4 is 10.2 Å². The van der Waals surface area contributed by atoms with Gasteiger partial charge in [0.05, 0.1) is 0 Å². The monoisotopic (exact) mass is 380 g/mol. The second kappa shape index (κ2) is 7.88. The molecule has 0 saturated carbocycles. The van der Waals surface area contributed by atoms with E-state index in [9.17, 15) is 0 Å². The standard InChI is InChI=1S/C27H28N2/c1-29-26-13-7-5-11-23(26)22-16-15-21(19-28-18-20-9-3-2-4-10-20)17-25(22)24-12-6-8-14-27(24)29/h2-14,21,28H,15-19H2,1H3. The quantitative estimate of drug-likeness (QED) is 0.574. The Labute approximate surface area is 173 Å². The zero-order valence-electron chi connectivity index (χ0n) is 17.1. The molecule has 1 N–H and O–H groups in total. The fourth-order valence-corrected chi connectivity index (χ4v) is 4.95. The summed E-state index contributed by atoms with van der Waals surface area (Å²) in [4.78, 5) is 2.37. The van der Waals surface area contributed by atoms with E-state index < -0.39 is 0 Å². The molecule has 1 unspecified atom stereocenters. The van der Waals surface area contributed by atoms with E-state index in [1.54, 1.807) is 11.1 Å². The molecule has 1 aliphatic carbocycles. The van der Waals surface area contributed by atoms with Crippen LogP contribution in [-0.2, 0) is 6.54 Å². The molecule has 0 bridgehead atoms. The summed E-state index contributed by atoms with van der Waals surface area (Å²) >= 11 is 0. The molecule has 0 amide bonds. The average Bonchev–Trinajstić information content (AvgIpc) is 2.89. The summed E-state index contributed by atoms with van der Waals surface area (Å²) in [5, 5.41) is 3.70. The van der Waals surface area contributed by atoms with Crippen molar-refractivity contribution in [2.45, 2.75) is 25.8 Å². The van der Waals surface area contributed by atoms with Gasteiger partial charge in [0.15, 0.2) is 0 Å². The average molecular weight is 381 g/mol. The summed E-state index contributed by atoms with van der Waals surface area (Å²) < 4.78 is 0. The summed E-state index contributed by atoms with van der Waals surface area (Å²) in [7, 11) is 2.20. The predicted molar refractivity (Wildman–Crippen MR) is 123 cm³/mol. The molecule has 0 aromatic heterocycles. The van der Waals surface area contributed by atoms with Crippen LogP contribution in [0.5, 0.6) is 0 Å². The van der Waals surface area contributed by atoms with Crippen molar-refractivity contribution in [1.29, 1.82) is 0 Å². The van der Waals surface area contributed by atoms with Crippen LogP contribution in [0.1, 0.15) is 36.0 Å². The Morgan fingerprint density at radius 3 is 2.14 bits per heavy atom. The van der Waals surface area contributed by atoms with E-state index in [4.69, 9.17) is 0 Å². The summed E-state index contributed by atoms with van der Waals surface area (Å²) in [6, 6.07) is 28.5. The SMILES string of the molecule is CN1c2ccccc2C2=C(CC(CNCc3ccccc3)CC2)c2ccccc21. The zero-order chi connectivity index (χ0) is 19.6. The lowest BCUT2D eigenvalue weighted by Crippen LogP contribution is -2.24. The van der Waals surface area contributed by atoms with Gasteiger partial charge in [0.1, 0.15) is 0 Å². The highest BCUT2D eigenvalue weighted by Crippen LogP contribution is 2.49. The highest BCUT2D eigenvalue weighted by atomic mass is 15.1. The number of allylic oxidation sites excluding steroid dienone is 2. The number of nitrogens with zero attached hydrogens (tertiary/aromatic N) is 1. The molecule has 1 atom stereocenters. The fourth-order valence-electron chi connectivity index (χ4n) is 4.95. The Kier molecular flexibility index (Phi) is 4.95. The molecule has 3 aromatic carbocycles. The normalized spacial score (nSPS) is 18.0. The highest BCUT2D eigenvalue weighted by Gasteiger charge is 2.29. The van der Waals surface area contributed by atoms with Crippen LogP contribution in [0.3, 0.4) is 0 Å². The van der Waals surface area contributed by atoms with Crippen molar-refractivity contribution >= 4 is 22.5 Å². The molecule has 3 aromatic rings. The van der Waals surface area contributed by atoms with Gasteiger partial charge >= 0.3 is 0 Å². The summed E-state index contributed by atoms with van der Waals surface area (Å²) in [5.74, 6) is 0.682. The van der Waals surface area contributed by atoms with Crippen LogP contribution in [0.25, 0.3) is 11.1 Å². The van der Waals surface area contributed by atoms with Crippen molar-refractivity contribution in [2.24, 2.45) is 5.92 Å². The Bertz CT molecular complexity index is 1040. The van der Waals surface area contributed by atoms with Crippen LogP contribution in [0.4, 0.5) is 11.4 Å². The van der Waals surface area contributed by atoms with Crippen molar-refractivity contribution in [3.8, 4) is 0 Å². The third-order valence-electron chi connectivity index (χ3n) is 6.45. The van der Waals surface area contributed by atoms with Gasteiger partial charge < -0.3 is 10.2 Å². The minimum atomic E-state index is 0.682. The van der Waals surface area contributed by atoms with Crippen LogP contribution in [-0.4, -0.2) is 13.6 Å². The number of benzene rings is 3. The fraction of sp³-hybridized carbons (Fsp3) is 0.259. The van der Waals surface area contributed by atoms with Gasteiger partial charge in [-0.15, -0.1) is 0 Å². The molecule has 0 fully saturated rings. The van der Waals surface area contributed by atoms with Gasteiger partial charge in [-0.1, -0.05) is 66.7 Å². The lowest BCUT2D eigenvalue weighted by Gasteiger charge is -2.28. The number of rotatable bonds is 4. The third-order valence-corrected chi connectivity index (χ3v) is 6.45. The summed E-state index contributed by atoms with van der Waals surface area (Å²) in [6.07, 6.45) is 3.56. The molecule has 0 radical (unpaired) electrons. The molecule has 5 rings (SSSR count). The van der Waals surface area contributed by atoms with Crippen LogP contribution in [0.15, 0.2) is 78.9 Å². The molecule has 2 heteroatoms. The number of fused-ring (bicyclic) bond motifs is 4. The molecule has 146 valence electrons. The number of anilines is 2. The second-order valence-corrected chi connectivity index (χ2v) is 8.28. The summed E-state index contributed by atoms with van der Waals surface area (Å²) in [6.45, 7) is 2.02. The van der Waals surface area contributed by atoms with Gasteiger partial charge in [0, 0.05) is 36.1 Å². The Balaban J connectivity index is 1.43. The molecular weight excluding hydrogens is 352 g/mol. The largest absolute Gasteiger partial charge is 0.344 e. The maximum Gasteiger partial charge on any atom is 0.0484 e. The van der Waals surface area contributed by atoms with Gasteiger partial charge in [-0.05, 0) is 60.6 Å². The molecule has 0 saturated heterocycles. The first-order valence-electron chi connectivity index (χ1n) is 10.7. The number of para-hydroxylation sites is 2. The maximum atomic E-state index is 3.70. The number of hydrogen-bond acceptors (Lipinski definition) is 2. The van der Waals surface area contributed by atoms with Gasteiger partial charge in [-0.3, -0.25) is 0 Å². The third kappa shape index (κ3) is 3.49. The van der Waals surface area contributed by atoms with Crippen LogP contribution in [0, 0.1) is 5.92 Å². The first-order valence-corrected chi connectivity index (χ1v) is 10.7. The van der Waals surface area contributed by atoms with E-state index >= 15 is 0 Å². The van der Waals surface area contributed by atoms with Crippen molar-refractivity contribution in [2.75, 3.05) is 18.5 Å². The van der Waals surface area contributed by atoms with Crippen molar-refractivity contribution in [1.82, 2.24) is 5.32 Å². The van der Waals surface area contributed by atoms with Crippen molar-refractivity contribution < 1.29 is 0 Å². The Morgan fingerprint density at radius 2 is 1.41 bits per heavy atom. The second-order valence-electron chi connectivity index (χ2n) is 8.28. The van der Waals surface area contributed by atoms with E-state index in [1.807, 2.05) is 0 Å². The minimum absolute atomic E-state index is 0.682. The van der Waals surface area contributed by atoms with E-state index in [0.29, 0.717) is 5.92 Å². The molecule has 2 aliphatic rings. The van der Waals surface area contributed by atoms with E-state index in [-0.39, 0.29) is 0 Å². The molecule has 0 spiro atoms. The Morgan fingerprint density at radius 1 is 0.793 bits per heavy atom. The van der Waals surface area contributed by atoms with E-state index in [2.05, 4.69) is 96.1 Å². The maximum absolute atomic E-state index is 3.70. The molecule has 1 aliphatic heterocycles. The smallest absolute Gasteiger partial charge is 0.0484 e. The van der Waals surface area contributed by atoms with Crippen molar-refractivity contribution in [3.63, 3.8) is 0 Å². The van der Waals surface area contributed by atoms with Gasteiger partial charge in [0.2, 0.25) is 0 Å². The van der Waals surface area contributed by atoms with Crippen LogP contribution >= 0.6 is 0 Å². The van der Waals surface area contributed by atoms with E-state index in [0.717, 1.165) is 25.9 Å². The lowest BCUT2D eigenvalue weighted by atomic mass is 9.78. The van der Waals surface area contributed by atoms with Crippen LogP contribution in [0.2, 0.25) is 0 Å². The Hall–Kier alpha value is -2.84. The van der Waals surface area contributed by atoms with E-state index in [1.165, 1.54) is 34.5 Å². The first-order chi connectivity index (χ1) is 14.3. The van der Waals surface area contributed by atoms with Gasteiger partial charge in [-0.2, -0.15) is 0 Å². The molecular formula is C27H28N2. The molecule has 29 heavy (non-hydrogen) atoms. The van der Waals surface area contributed by atoms with Crippen molar-refractivity contribution in [3.05, 3.63) is 95.6 Å². The topological polar surface area (TPSA) is 15.3 Å². The number of nitrogens with one attached hydrogen (secondary N) is 1. The summed E-state index contributed by atoms with van der Waals surface area (Å²) in [5.41, 5.74) is 9.93. The zero-order valence-corrected chi connectivity index (χ0v) is 17.1. The predicted octanol–water partition coefficient (Wildman–Crippen LogP) is 6.27. The highest BCUT2D eigenvalue weighted by molar-refractivity contribution is 6.01.